The molecule has 1 heterocycles. The van der Waals surface area contributed by atoms with E-state index >= 15 is 0 Å². The van der Waals surface area contributed by atoms with Crippen LogP contribution in [0.2, 0.25) is 0 Å². The smallest absolute Gasteiger partial charge is 0.290 e. The predicted molar refractivity (Wildman–Crippen MR) is 72.4 cm³/mol. The number of amides is 1. The molecule has 1 aromatic carbocycles. The topological polar surface area (TPSA) is 71.2 Å². The summed E-state index contributed by atoms with van der Waals surface area (Å²) < 4.78 is 5.14. The first-order chi connectivity index (χ1) is 9.15. The van der Waals surface area contributed by atoms with Gasteiger partial charge in [0.1, 0.15) is 0 Å². The number of hydrogen-bond donors (Lipinski definition) is 2. The van der Waals surface area contributed by atoms with Crippen molar-refractivity contribution in [2.75, 3.05) is 11.9 Å². The number of carbonyl (C=O) groups is 1. The van der Waals surface area contributed by atoms with Crippen LogP contribution in [0.3, 0.4) is 0 Å². The van der Waals surface area contributed by atoms with Crippen molar-refractivity contribution in [1.29, 1.82) is 0 Å². The number of ether oxygens (including phenoxy) is 1. The van der Waals surface area contributed by atoms with Crippen LogP contribution in [0.15, 0.2) is 47.4 Å². The number of carbonyl (C=O) groups excluding carboxylic acids is 1. The first-order valence-corrected chi connectivity index (χ1v) is 5.82. The molecule has 0 fully saturated rings. The third-order valence-corrected chi connectivity index (χ3v) is 2.48. The summed E-state index contributed by atoms with van der Waals surface area (Å²) in [6.45, 7) is 1.76. The maximum atomic E-state index is 11.6. The Morgan fingerprint density at radius 3 is 2.68 bits per heavy atom. The maximum Gasteiger partial charge on any atom is 0.290 e. The summed E-state index contributed by atoms with van der Waals surface area (Å²) >= 11 is 0. The van der Waals surface area contributed by atoms with Crippen LogP contribution >= 0.6 is 0 Å². The molecule has 0 atom stereocenters. The molecule has 0 aliphatic heterocycles. The quantitative estimate of drug-likeness (QED) is 0.876. The molecule has 1 amide bonds. The van der Waals surface area contributed by atoms with Gasteiger partial charge < -0.3 is 15.0 Å². The van der Waals surface area contributed by atoms with Crippen LogP contribution < -0.4 is 15.6 Å². The fourth-order valence-corrected chi connectivity index (χ4v) is 1.50. The Kier molecular flexibility index (Phi) is 3.97. The van der Waals surface area contributed by atoms with Gasteiger partial charge in [-0.3, -0.25) is 9.59 Å². The van der Waals surface area contributed by atoms with E-state index in [0.717, 1.165) is 5.56 Å². The highest BCUT2D eigenvalue weighted by Crippen LogP contribution is 2.08. The van der Waals surface area contributed by atoms with Crippen LogP contribution in [0.1, 0.15) is 5.56 Å². The summed E-state index contributed by atoms with van der Waals surface area (Å²) in [5.41, 5.74) is 1.46. The SMILES string of the molecule is Cc1ccc(NC(=O)COc2ccc[nH]c2=O)cc1. The van der Waals surface area contributed by atoms with Gasteiger partial charge in [-0.25, -0.2) is 0 Å². The lowest BCUT2D eigenvalue weighted by molar-refractivity contribution is -0.118. The summed E-state index contributed by atoms with van der Waals surface area (Å²) in [5.74, 6) is -0.186. The zero-order valence-electron chi connectivity index (χ0n) is 10.5. The number of benzene rings is 1. The van der Waals surface area contributed by atoms with Gasteiger partial charge in [-0.05, 0) is 31.2 Å². The van der Waals surface area contributed by atoms with Crippen LogP contribution in [0.25, 0.3) is 0 Å². The van der Waals surface area contributed by atoms with E-state index in [4.69, 9.17) is 4.74 Å². The molecule has 0 aliphatic rings. The van der Waals surface area contributed by atoms with Crippen molar-refractivity contribution in [3.8, 4) is 5.75 Å². The lowest BCUT2D eigenvalue weighted by Crippen LogP contribution is -2.22. The number of rotatable bonds is 4. The molecule has 2 rings (SSSR count). The third kappa shape index (κ3) is 3.70. The van der Waals surface area contributed by atoms with Crippen LogP contribution in [-0.2, 0) is 4.79 Å². The molecule has 98 valence electrons. The maximum absolute atomic E-state index is 11.6. The Hall–Kier alpha value is -2.56. The van der Waals surface area contributed by atoms with Crippen LogP contribution in [0.4, 0.5) is 5.69 Å². The van der Waals surface area contributed by atoms with Crippen LogP contribution in [0, 0.1) is 6.92 Å². The Labute approximate surface area is 110 Å². The molecular formula is C14H14N2O3. The first-order valence-electron chi connectivity index (χ1n) is 5.82. The standard InChI is InChI=1S/C14H14N2O3/c1-10-4-6-11(7-5-10)16-13(17)9-19-12-3-2-8-15-14(12)18/h2-8H,9H2,1H3,(H,15,18)(H,16,17). The Bertz CT molecular complexity index is 617. The highest BCUT2D eigenvalue weighted by atomic mass is 16.5. The van der Waals surface area contributed by atoms with Crippen molar-refractivity contribution >= 4 is 11.6 Å². The zero-order chi connectivity index (χ0) is 13.7. The van der Waals surface area contributed by atoms with E-state index < -0.39 is 0 Å². The number of aromatic nitrogens is 1. The number of hydrogen-bond acceptors (Lipinski definition) is 3. The van der Waals surface area contributed by atoms with Gasteiger partial charge >= 0.3 is 0 Å². The van der Waals surface area contributed by atoms with Crippen molar-refractivity contribution in [1.82, 2.24) is 4.98 Å². The lowest BCUT2D eigenvalue weighted by Gasteiger charge is -2.06. The first kappa shape index (κ1) is 12.9. The fourth-order valence-electron chi connectivity index (χ4n) is 1.50. The summed E-state index contributed by atoms with van der Waals surface area (Å²) in [4.78, 5) is 25.4. The van der Waals surface area contributed by atoms with Gasteiger partial charge in [-0.15, -0.1) is 0 Å². The van der Waals surface area contributed by atoms with Crippen molar-refractivity contribution in [2.24, 2.45) is 0 Å². The molecule has 2 aromatic rings. The third-order valence-electron chi connectivity index (χ3n) is 2.48. The number of pyridine rings is 1. The molecule has 0 unspecified atom stereocenters. The summed E-state index contributed by atoms with van der Waals surface area (Å²) in [6, 6.07) is 10.6. The van der Waals surface area contributed by atoms with E-state index in [9.17, 15) is 9.59 Å². The largest absolute Gasteiger partial charge is 0.478 e. The van der Waals surface area contributed by atoms with Gasteiger partial charge in [0.15, 0.2) is 12.4 Å². The van der Waals surface area contributed by atoms with Gasteiger partial charge in [0.05, 0.1) is 0 Å². The van der Waals surface area contributed by atoms with Gasteiger partial charge in [0.2, 0.25) is 0 Å². The van der Waals surface area contributed by atoms with E-state index in [0.29, 0.717) is 5.69 Å². The average molecular weight is 258 g/mol. The van der Waals surface area contributed by atoms with E-state index in [1.807, 2.05) is 31.2 Å². The van der Waals surface area contributed by atoms with E-state index in [2.05, 4.69) is 10.3 Å². The molecule has 5 nitrogen and oxygen atoms in total. The van der Waals surface area contributed by atoms with Crippen molar-refractivity contribution in [3.63, 3.8) is 0 Å². The second-order valence-electron chi connectivity index (χ2n) is 4.07. The normalized spacial score (nSPS) is 9.95. The molecule has 2 N–H and O–H groups in total. The summed E-state index contributed by atoms with van der Waals surface area (Å²) in [7, 11) is 0. The molecule has 0 saturated heterocycles. The molecule has 0 saturated carbocycles. The molecule has 1 aromatic heterocycles. The molecular weight excluding hydrogens is 244 g/mol. The number of aromatic amines is 1. The van der Waals surface area contributed by atoms with E-state index in [1.165, 1.54) is 12.3 Å². The fraction of sp³-hybridized carbons (Fsp3) is 0.143. The number of anilines is 1. The lowest BCUT2D eigenvalue weighted by atomic mass is 10.2. The Morgan fingerprint density at radius 1 is 1.26 bits per heavy atom. The monoisotopic (exact) mass is 258 g/mol. The highest BCUT2D eigenvalue weighted by molar-refractivity contribution is 5.91. The van der Waals surface area contributed by atoms with Gasteiger partial charge in [-0.1, -0.05) is 17.7 Å². The molecule has 0 radical (unpaired) electrons. The van der Waals surface area contributed by atoms with Gasteiger partial charge in [-0.2, -0.15) is 0 Å². The minimum atomic E-state index is -0.356. The van der Waals surface area contributed by atoms with Gasteiger partial charge in [0.25, 0.3) is 11.5 Å². The minimum Gasteiger partial charge on any atom is -0.478 e. The number of H-pyrrole nitrogens is 1. The second-order valence-corrected chi connectivity index (χ2v) is 4.07. The predicted octanol–water partition coefficient (Wildman–Crippen LogP) is 1.70. The van der Waals surface area contributed by atoms with Crippen molar-refractivity contribution in [3.05, 3.63) is 58.5 Å². The van der Waals surface area contributed by atoms with E-state index in [1.54, 1.807) is 6.07 Å². The Morgan fingerprint density at radius 2 is 2.00 bits per heavy atom. The highest BCUT2D eigenvalue weighted by Gasteiger charge is 2.05. The zero-order valence-corrected chi connectivity index (χ0v) is 10.5. The summed E-state index contributed by atoms with van der Waals surface area (Å²) in [5, 5.41) is 2.68. The number of nitrogens with one attached hydrogen (secondary N) is 2. The van der Waals surface area contributed by atoms with Crippen LogP contribution in [-0.4, -0.2) is 17.5 Å². The minimum absolute atomic E-state index is 0.126. The van der Waals surface area contributed by atoms with Crippen LogP contribution in [0.5, 0.6) is 5.75 Å². The van der Waals surface area contributed by atoms with Crippen molar-refractivity contribution in [2.45, 2.75) is 6.92 Å². The second kappa shape index (κ2) is 5.86. The molecule has 0 aliphatic carbocycles. The van der Waals surface area contributed by atoms with E-state index in [-0.39, 0.29) is 23.8 Å². The molecule has 19 heavy (non-hydrogen) atoms. The molecule has 0 spiro atoms. The van der Waals surface area contributed by atoms with Crippen molar-refractivity contribution < 1.29 is 9.53 Å². The molecule has 0 bridgehead atoms. The molecule has 5 heteroatoms. The number of aryl methyl sites for hydroxylation is 1. The summed E-state index contributed by atoms with van der Waals surface area (Å²) in [6.07, 6.45) is 1.50. The van der Waals surface area contributed by atoms with Gasteiger partial charge in [0, 0.05) is 11.9 Å². The average Bonchev–Trinajstić information content (AvgIpc) is 2.40. The Balaban J connectivity index is 1.90.